The third-order valence-electron chi connectivity index (χ3n) is 7.99. The maximum absolute atomic E-state index is 11.8. The molecular weight excluding hydrogens is 731 g/mol. The van der Waals surface area contributed by atoms with Crippen LogP contribution in [0, 0.1) is 0 Å². The summed E-state index contributed by atoms with van der Waals surface area (Å²) in [6, 6.07) is 42.1. The molecule has 8 rings (SSSR count). The topological polar surface area (TPSA) is 154 Å². The Hall–Kier alpha value is -6.76. The minimum absolute atomic E-state index is 0.316. The Morgan fingerprint density at radius 2 is 0.796 bits per heavy atom. The molecule has 2 atom stereocenters. The predicted molar refractivity (Wildman–Crippen MR) is 203 cm³/mol. The van der Waals surface area contributed by atoms with Crippen LogP contribution in [0.5, 0.6) is 11.5 Å². The number of carbonyl (C=O) groups is 2. The molecule has 2 N–H and O–H groups in total. The molecule has 0 bridgehead atoms. The van der Waals surface area contributed by atoms with Gasteiger partial charge in [0.25, 0.3) is 0 Å². The van der Waals surface area contributed by atoms with E-state index in [9.17, 15) is 19.8 Å². The Kier molecular flexibility index (Phi) is 10.5. The SMILES string of the molecule is O=C(O)[C@@H](Oc1ccc(Cl)cc1-n1nc2ccccc2n1)c1ccccc1.O=C(O)[C@H](Oc1ccc(Cl)cc1-n1nc2ccccc2n1)c1ccccc1. The fraction of sp³-hybridized carbons (Fsp3) is 0.0500. The number of fused-ring (bicyclic) bond motifs is 2. The highest BCUT2D eigenvalue weighted by molar-refractivity contribution is 6.31. The third kappa shape index (κ3) is 7.99. The Morgan fingerprint density at radius 1 is 0.481 bits per heavy atom. The largest absolute Gasteiger partial charge is 0.478 e. The standard InChI is InChI=1S/2C20H14ClN3O3/c2*21-14-10-11-18(27-19(20(25)26)13-6-2-1-3-7-13)17(12-14)24-22-15-8-4-5-9-16(15)23-24/h2*1-12,19H,(H,25,26)/t2*19-/m10/s1. The lowest BCUT2D eigenvalue weighted by Crippen LogP contribution is -2.19. The molecule has 2 aromatic heterocycles. The number of halogens is 2. The molecule has 54 heavy (non-hydrogen) atoms. The zero-order valence-corrected chi connectivity index (χ0v) is 29.5. The number of hydrogen-bond acceptors (Lipinski definition) is 8. The van der Waals surface area contributed by atoms with Gasteiger partial charge in [-0.15, -0.1) is 30.0 Å². The van der Waals surface area contributed by atoms with Crippen molar-refractivity contribution in [3.8, 4) is 22.9 Å². The van der Waals surface area contributed by atoms with Crippen molar-refractivity contribution in [3.05, 3.63) is 167 Å². The van der Waals surface area contributed by atoms with E-state index in [0.29, 0.717) is 66.1 Å². The van der Waals surface area contributed by atoms with Gasteiger partial charge in [0.2, 0.25) is 12.2 Å². The number of aliphatic carboxylic acids is 2. The van der Waals surface area contributed by atoms with Crippen molar-refractivity contribution in [3.63, 3.8) is 0 Å². The lowest BCUT2D eigenvalue weighted by molar-refractivity contribution is -0.146. The Bertz CT molecular complexity index is 2340. The van der Waals surface area contributed by atoms with Crippen LogP contribution in [0.1, 0.15) is 23.3 Å². The lowest BCUT2D eigenvalue weighted by Gasteiger charge is -2.17. The summed E-state index contributed by atoms with van der Waals surface area (Å²) < 4.78 is 11.7. The first-order valence-corrected chi connectivity index (χ1v) is 17.1. The summed E-state index contributed by atoms with van der Waals surface area (Å²) in [5, 5.41) is 37.9. The number of ether oxygens (including phenoxy) is 2. The molecule has 0 radical (unpaired) electrons. The Balaban J connectivity index is 0.000000167. The first kappa shape index (κ1) is 35.6. The minimum atomic E-state index is -1.17. The summed E-state index contributed by atoms with van der Waals surface area (Å²) in [6.45, 7) is 0. The molecule has 12 nitrogen and oxygen atoms in total. The van der Waals surface area contributed by atoms with Crippen LogP contribution in [-0.2, 0) is 9.59 Å². The summed E-state index contributed by atoms with van der Waals surface area (Å²) in [6.07, 6.45) is -2.34. The Morgan fingerprint density at radius 3 is 1.11 bits per heavy atom. The third-order valence-corrected chi connectivity index (χ3v) is 8.46. The second-order valence-corrected chi connectivity index (χ2v) is 12.5. The van der Waals surface area contributed by atoms with Crippen molar-refractivity contribution in [2.45, 2.75) is 12.2 Å². The fourth-order valence-electron chi connectivity index (χ4n) is 5.46. The van der Waals surface area contributed by atoms with Crippen LogP contribution < -0.4 is 9.47 Å². The maximum Gasteiger partial charge on any atom is 0.349 e. The van der Waals surface area contributed by atoms with Crippen LogP contribution in [0.4, 0.5) is 0 Å². The average molecular weight is 760 g/mol. The number of carboxylic acid groups (broad SMARTS) is 2. The van der Waals surface area contributed by atoms with E-state index in [1.54, 1.807) is 84.9 Å². The van der Waals surface area contributed by atoms with E-state index in [-0.39, 0.29) is 0 Å². The summed E-state index contributed by atoms with van der Waals surface area (Å²) in [4.78, 5) is 26.3. The zero-order valence-electron chi connectivity index (χ0n) is 28.0. The molecule has 0 saturated heterocycles. The second-order valence-electron chi connectivity index (χ2n) is 11.7. The van der Waals surface area contributed by atoms with Crippen LogP contribution in [-0.4, -0.2) is 52.1 Å². The molecule has 0 unspecified atom stereocenters. The first-order valence-electron chi connectivity index (χ1n) is 16.4. The van der Waals surface area contributed by atoms with Crippen LogP contribution in [0.3, 0.4) is 0 Å². The van der Waals surface area contributed by atoms with E-state index in [1.807, 2.05) is 60.7 Å². The number of hydrogen-bond donors (Lipinski definition) is 2. The smallest absolute Gasteiger partial charge is 0.349 e. The molecule has 6 aromatic carbocycles. The molecule has 2 heterocycles. The molecule has 0 saturated carbocycles. The van der Waals surface area contributed by atoms with E-state index in [4.69, 9.17) is 32.7 Å². The van der Waals surface area contributed by atoms with Crippen molar-refractivity contribution in [2.24, 2.45) is 0 Å². The fourth-order valence-corrected chi connectivity index (χ4v) is 5.79. The van der Waals surface area contributed by atoms with Crippen molar-refractivity contribution in [2.75, 3.05) is 0 Å². The zero-order chi connectivity index (χ0) is 37.6. The van der Waals surface area contributed by atoms with Crippen molar-refractivity contribution in [1.82, 2.24) is 30.0 Å². The van der Waals surface area contributed by atoms with Crippen LogP contribution in [0.25, 0.3) is 33.4 Å². The van der Waals surface area contributed by atoms with Crippen molar-refractivity contribution >= 4 is 57.2 Å². The molecule has 0 aliphatic carbocycles. The average Bonchev–Trinajstić information content (AvgIpc) is 3.82. The van der Waals surface area contributed by atoms with Gasteiger partial charge in [0.15, 0.2) is 0 Å². The van der Waals surface area contributed by atoms with Gasteiger partial charge >= 0.3 is 11.9 Å². The summed E-state index contributed by atoms with van der Waals surface area (Å²) in [5.74, 6) is -1.56. The van der Waals surface area contributed by atoms with Crippen LogP contribution >= 0.6 is 23.2 Å². The van der Waals surface area contributed by atoms with Crippen molar-refractivity contribution in [1.29, 1.82) is 0 Å². The molecule has 0 aliphatic heterocycles. The normalized spacial score (nSPS) is 12.0. The minimum Gasteiger partial charge on any atom is -0.478 e. The van der Waals surface area contributed by atoms with Gasteiger partial charge in [-0.2, -0.15) is 0 Å². The highest BCUT2D eigenvalue weighted by Gasteiger charge is 2.25. The molecule has 0 amide bonds. The Labute approximate surface area is 317 Å². The van der Waals surface area contributed by atoms with Crippen LogP contribution in [0.2, 0.25) is 10.0 Å². The highest BCUT2D eigenvalue weighted by Crippen LogP contribution is 2.32. The van der Waals surface area contributed by atoms with E-state index < -0.39 is 24.1 Å². The molecule has 0 spiro atoms. The molecule has 14 heteroatoms. The van der Waals surface area contributed by atoms with E-state index in [2.05, 4.69) is 20.4 Å². The van der Waals surface area contributed by atoms with Gasteiger partial charge in [0.05, 0.1) is 0 Å². The van der Waals surface area contributed by atoms with Gasteiger partial charge < -0.3 is 19.7 Å². The van der Waals surface area contributed by atoms with Gasteiger partial charge in [0.1, 0.15) is 44.9 Å². The number of rotatable bonds is 10. The number of carboxylic acids is 2. The van der Waals surface area contributed by atoms with E-state index >= 15 is 0 Å². The summed E-state index contributed by atoms with van der Waals surface area (Å²) >= 11 is 12.3. The van der Waals surface area contributed by atoms with Crippen molar-refractivity contribution < 1.29 is 29.3 Å². The van der Waals surface area contributed by atoms with Gasteiger partial charge in [-0.25, -0.2) is 9.59 Å². The molecule has 8 aromatic rings. The highest BCUT2D eigenvalue weighted by atomic mass is 35.5. The molecular formula is C40H28Cl2N6O6. The van der Waals surface area contributed by atoms with Gasteiger partial charge in [0, 0.05) is 21.2 Å². The molecule has 0 aliphatic rings. The maximum atomic E-state index is 11.8. The lowest BCUT2D eigenvalue weighted by atomic mass is 10.1. The predicted octanol–water partition coefficient (Wildman–Crippen LogP) is 8.56. The number of aromatic nitrogens is 6. The monoisotopic (exact) mass is 758 g/mol. The number of benzene rings is 6. The first-order chi connectivity index (χ1) is 26.2. The van der Waals surface area contributed by atoms with Crippen LogP contribution in [0.15, 0.2) is 146 Å². The molecule has 268 valence electrons. The second kappa shape index (κ2) is 15.9. The van der Waals surface area contributed by atoms with Gasteiger partial charge in [-0.05, 0) is 60.7 Å². The van der Waals surface area contributed by atoms with E-state index in [0.717, 1.165) is 0 Å². The summed E-state index contributed by atoms with van der Waals surface area (Å²) in [7, 11) is 0. The van der Waals surface area contributed by atoms with Gasteiger partial charge in [-0.3, -0.25) is 0 Å². The van der Waals surface area contributed by atoms with E-state index in [1.165, 1.54) is 9.59 Å². The molecule has 0 fully saturated rings. The number of nitrogens with zero attached hydrogens (tertiary/aromatic N) is 6. The quantitative estimate of drug-likeness (QED) is 0.139. The summed E-state index contributed by atoms with van der Waals surface area (Å²) in [5.41, 5.74) is 4.82. The van der Waals surface area contributed by atoms with Gasteiger partial charge in [-0.1, -0.05) is 108 Å².